The lowest BCUT2D eigenvalue weighted by Crippen LogP contribution is -2.25. The Bertz CT molecular complexity index is 1080. The molecular formula is C18H18N4O5S2. The van der Waals surface area contributed by atoms with Crippen molar-refractivity contribution >= 4 is 23.5 Å². The van der Waals surface area contributed by atoms with E-state index in [2.05, 4.69) is 19.9 Å². The molecule has 0 radical (unpaired) electrons. The highest BCUT2D eigenvalue weighted by molar-refractivity contribution is 7.98. The highest BCUT2D eigenvalue weighted by Gasteiger charge is 2.31. The number of ether oxygens (including phenoxy) is 1. The Morgan fingerprint density at radius 1 is 0.897 bits per heavy atom. The molecule has 11 heteroatoms. The highest BCUT2D eigenvalue weighted by atomic mass is 32.2. The predicted molar refractivity (Wildman–Crippen MR) is 111 cm³/mol. The molecule has 0 spiro atoms. The normalized spacial score (nSPS) is 11.0. The van der Waals surface area contributed by atoms with Gasteiger partial charge in [0.05, 0.1) is 24.2 Å². The van der Waals surface area contributed by atoms with Crippen LogP contribution < -0.4 is 15.9 Å². The van der Waals surface area contributed by atoms with Crippen LogP contribution in [0.2, 0.25) is 0 Å². The van der Waals surface area contributed by atoms with E-state index in [9.17, 15) is 19.8 Å². The van der Waals surface area contributed by atoms with Gasteiger partial charge >= 0.3 is 0 Å². The number of H-pyrrole nitrogens is 2. The van der Waals surface area contributed by atoms with Crippen LogP contribution >= 0.6 is 23.5 Å². The predicted octanol–water partition coefficient (Wildman–Crippen LogP) is 1.90. The maximum absolute atomic E-state index is 12.8. The summed E-state index contributed by atoms with van der Waals surface area (Å²) in [7, 11) is 1.51. The zero-order chi connectivity index (χ0) is 21.1. The molecule has 4 N–H and O–H groups in total. The van der Waals surface area contributed by atoms with Gasteiger partial charge in [-0.15, -0.1) is 0 Å². The Hall–Kier alpha value is -2.92. The summed E-state index contributed by atoms with van der Waals surface area (Å²) in [6, 6.07) is 6.55. The molecule has 0 atom stereocenters. The van der Waals surface area contributed by atoms with Crippen LogP contribution in [-0.4, -0.2) is 49.8 Å². The second kappa shape index (κ2) is 8.62. The standard InChI is InChI=1S/C18H18N4O5S2/c1-27-9-6-4-8(5-7-9)10(11-13(23)19-17(28-2)20-14(11)24)12-15(25)21-18(29-3)22-16(12)26/h4-7,10H,1-3H3,(H2,19,20,23,24)(H2,21,22,25,26). The summed E-state index contributed by atoms with van der Waals surface area (Å²) >= 11 is 2.30. The topological polar surface area (TPSA) is 141 Å². The molecule has 1 aromatic carbocycles. The van der Waals surface area contributed by atoms with Gasteiger partial charge in [0.2, 0.25) is 11.8 Å². The quantitative estimate of drug-likeness (QED) is 0.338. The van der Waals surface area contributed by atoms with E-state index >= 15 is 0 Å². The number of aromatic amines is 2. The molecule has 0 aliphatic rings. The first kappa shape index (κ1) is 20.8. The smallest absolute Gasteiger partial charge is 0.259 e. The number of benzene rings is 1. The average molecular weight is 434 g/mol. The van der Waals surface area contributed by atoms with E-state index in [0.29, 0.717) is 11.3 Å². The fourth-order valence-corrected chi connectivity index (χ4v) is 3.63. The van der Waals surface area contributed by atoms with Crippen LogP contribution in [0, 0.1) is 0 Å². The molecule has 0 saturated heterocycles. The van der Waals surface area contributed by atoms with Crippen molar-refractivity contribution in [2.45, 2.75) is 16.2 Å². The van der Waals surface area contributed by atoms with Gasteiger partial charge < -0.3 is 24.9 Å². The minimum atomic E-state index is -1.11. The van der Waals surface area contributed by atoms with Gasteiger partial charge in [-0.2, -0.15) is 9.97 Å². The van der Waals surface area contributed by atoms with Gasteiger partial charge in [-0.1, -0.05) is 35.7 Å². The molecule has 0 bridgehead atoms. The van der Waals surface area contributed by atoms with E-state index in [1.165, 1.54) is 7.11 Å². The minimum Gasteiger partial charge on any atom is -0.497 e. The van der Waals surface area contributed by atoms with Gasteiger partial charge in [-0.05, 0) is 30.2 Å². The van der Waals surface area contributed by atoms with E-state index in [4.69, 9.17) is 4.74 Å². The number of aromatic nitrogens is 4. The number of nitrogens with zero attached hydrogens (tertiary/aromatic N) is 2. The Balaban J connectivity index is 2.32. The molecule has 0 saturated carbocycles. The number of aromatic hydroxyl groups is 2. The largest absolute Gasteiger partial charge is 0.497 e. The van der Waals surface area contributed by atoms with Crippen LogP contribution in [0.4, 0.5) is 0 Å². The molecule has 3 aromatic rings. The second-order valence-corrected chi connectivity index (χ2v) is 7.42. The zero-order valence-electron chi connectivity index (χ0n) is 15.7. The molecule has 29 heavy (non-hydrogen) atoms. The maximum Gasteiger partial charge on any atom is 0.259 e. The number of nitrogens with one attached hydrogen (secondary N) is 2. The molecule has 0 aliphatic carbocycles. The van der Waals surface area contributed by atoms with Gasteiger partial charge in [0, 0.05) is 0 Å². The number of thioether (sulfide) groups is 2. The average Bonchev–Trinajstić information content (AvgIpc) is 2.71. The molecule has 0 amide bonds. The van der Waals surface area contributed by atoms with E-state index in [0.717, 1.165) is 23.5 Å². The summed E-state index contributed by atoms with van der Waals surface area (Å²) in [5.74, 6) is -1.62. The molecule has 0 fully saturated rings. The first-order valence-electron chi connectivity index (χ1n) is 8.27. The Labute approximate surface area is 173 Å². The number of rotatable bonds is 6. The van der Waals surface area contributed by atoms with Gasteiger partial charge in [0.25, 0.3) is 11.1 Å². The molecule has 152 valence electrons. The monoisotopic (exact) mass is 434 g/mol. The first-order valence-corrected chi connectivity index (χ1v) is 10.7. The molecule has 0 aliphatic heterocycles. The lowest BCUT2D eigenvalue weighted by molar-refractivity contribution is 0.414. The van der Waals surface area contributed by atoms with Crippen molar-refractivity contribution in [2.24, 2.45) is 0 Å². The van der Waals surface area contributed by atoms with Gasteiger partial charge in [-0.25, -0.2) is 0 Å². The van der Waals surface area contributed by atoms with Gasteiger partial charge in [0.15, 0.2) is 10.3 Å². The van der Waals surface area contributed by atoms with E-state index < -0.39 is 28.8 Å². The van der Waals surface area contributed by atoms with Crippen molar-refractivity contribution in [2.75, 3.05) is 19.6 Å². The molecule has 0 unspecified atom stereocenters. The van der Waals surface area contributed by atoms with E-state index in [-0.39, 0.29) is 21.4 Å². The third-order valence-corrected chi connectivity index (χ3v) is 5.40. The molecular weight excluding hydrogens is 416 g/mol. The summed E-state index contributed by atoms with van der Waals surface area (Å²) in [4.78, 5) is 38.6. The fraction of sp³-hybridized carbons (Fsp3) is 0.222. The summed E-state index contributed by atoms with van der Waals surface area (Å²) in [6.45, 7) is 0. The Kier molecular flexibility index (Phi) is 6.18. The lowest BCUT2D eigenvalue weighted by Gasteiger charge is -2.19. The van der Waals surface area contributed by atoms with Crippen molar-refractivity contribution in [1.82, 2.24) is 19.9 Å². The second-order valence-electron chi connectivity index (χ2n) is 5.83. The molecule has 3 rings (SSSR count). The van der Waals surface area contributed by atoms with Crippen molar-refractivity contribution in [3.8, 4) is 17.5 Å². The Morgan fingerprint density at radius 2 is 1.34 bits per heavy atom. The molecule has 9 nitrogen and oxygen atoms in total. The van der Waals surface area contributed by atoms with Crippen molar-refractivity contribution in [1.29, 1.82) is 0 Å². The van der Waals surface area contributed by atoms with Crippen LogP contribution in [-0.2, 0) is 0 Å². The summed E-state index contributed by atoms with van der Waals surface area (Å²) in [5.41, 5.74) is -1.14. The summed E-state index contributed by atoms with van der Waals surface area (Å²) < 4.78 is 5.15. The number of methoxy groups -OCH3 is 1. The van der Waals surface area contributed by atoms with Gasteiger partial charge in [0.1, 0.15) is 5.75 Å². The lowest BCUT2D eigenvalue weighted by atomic mass is 9.87. The summed E-state index contributed by atoms with van der Waals surface area (Å²) in [6.07, 6.45) is 3.39. The highest BCUT2D eigenvalue weighted by Crippen LogP contribution is 2.36. The van der Waals surface area contributed by atoms with Gasteiger partial charge in [-0.3, -0.25) is 9.59 Å². The minimum absolute atomic E-state index is 0.174. The van der Waals surface area contributed by atoms with Crippen LogP contribution in [0.1, 0.15) is 22.6 Å². The van der Waals surface area contributed by atoms with Crippen LogP contribution in [0.15, 0.2) is 44.2 Å². The van der Waals surface area contributed by atoms with E-state index in [1.807, 2.05) is 0 Å². The maximum atomic E-state index is 12.8. The SMILES string of the molecule is COc1ccc(C(c2c(O)nc(SC)[nH]c2=O)c2c(O)nc(SC)[nH]c2=O)cc1. The fourth-order valence-electron chi connectivity index (χ4n) is 2.89. The summed E-state index contributed by atoms with van der Waals surface area (Å²) in [5, 5.41) is 21.4. The van der Waals surface area contributed by atoms with Crippen LogP contribution in [0.3, 0.4) is 0 Å². The van der Waals surface area contributed by atoms with Crippen molar-refractivity contribution < 1.29 is 14.9 Å². The van der Waals surface area contributed by atoms with Crippen molar-refractivity contribution in [3.63, 3.8) is 0 Å². The Morgan fingerprint density at radius 3 is 1.69 bits per heavy atom. The molecule has 2 heterocycles. The third kappa shape index (κ3) is 4.10. The third-order valence-electron chi connectivity index (χ3n) is 4.24. The van der Waals surface area contributed by atoms with E-state index in [1.54, 1.807) is 36.8 Å². The molecule has 2 aromatic heterocycles. The number of hydrogen-bond acceptors (Lipinski definition) is 9. The number of hydrogen-bond donors (Lipinski definition) is 4. The van der Waals surface area contributed by atoms with Crippen LogP contribution in [0.25, 0.3) is 0 Å². The first-order chi connectivity index (χ1) is 13.9. The zero-order valence-corrected chi connectivity index (χ0v) is 17.3. The van der Waals surface area contributed by atoms with Crippen LogP contribution in [0.5, 0.6) is 17.5 Å². The van der Waals surface area contributed by atoms with Crippen molar-refractivity contribution in [3.05, 3.63) is 61.7 Å².